The number of benzene rings is 2. The first kappa shape index (κ1) is 18.2. The number of carbonyl (C=O) groups excluding carboxylic acids is 3. The summed E-state index contributed by atoms with van der Waals surface area (Å²) in [6.45, 7) is 1.92. The first-order chi connectivity index (χ1) is 13.4. The number of methoxy groups -OCH3 is 1. The standard InChI is InChI=1S/C20H16ClN3O4/c1-11-3-5-12(6-4-11)20-15(16(22-23-20)18(26)28-2)17(25)24(19(20)27)14-9-7-13(21)8-10-14/h3-10,15,23H,1-2H3/t15-,20-/m1/s1. The largest absolute Gasteiger partial charge is 0.464 e. The quantitative estimate of drug-likeness (QED) is 0.633. The molecule has 1 fully saturated rings. The second-order valence-electron chi connectivity index (χ2n) is 6.66. The molecule has 142 valence electrons. The predicted octanol–water partition coefficient (Wildman–Crippen LogP) is 2.17. The second-order valence-corrected chi connectivity index (χ2v) is 7.10. The average Bonchev–Trinajstić information content (AvgIpc) is 3.19. The first-order valence-corrected chi connectivity index (χ1v) is 8.92. The molecule has 2 amide bonds. The molecule has 0 radical (unpaired) electrons. The van der Waals surface area contributed by atoms with E-state index >= 15 is 0 Å². The van der Waals surface area contributed by atoms with Crippen molar-refractivity contribution in [3.05, 3.63) is 64.7 Å². The van der Waals surface area contributed by atoms with E-state index in [2.05, 4.69) is 10.5 Å². The zero-order valence-electron chi connectivity index (χ0n) is 15.1. The van der Waals surface area contributed by atoms with Crippen molar-refractivity contribution in [3.8, 4) is 0 Å². The lowest BCUT2D eigenvalue weighted by Gasteiger charge is -2.26. The number of ether oxygens (including phenoxy) is 1. The Hall–Kier alpha value is -3.19. The highest BCUT2D eigenvalue weighted by Gasteiger charge is 2.67. The number of fused-ring (bicyclic) bond motifs is 1. The Kier molecular flexibility index (Phi) is 4.19. The third-order valence-corrected chi connectivity index (χ3v) is 5.31. The highest BCUT2D eigenvalue weighted by Crippen LogP contribution is 2.45. The lowest BCUT2D eigenvalue weighted by atomic mass is 9.78. The Morgan fingerprint density at radius 1 is 1.14 bits per heavy atom. The molecule has 2 aromatic carbocycles. The van der Waals surface area contributed by atoms with Crippen LogP contribution in [0, 0.1) is 12.8 Å². The number of anilines is 1. The second kappa shape index (κ2) is 6.45. The van der Waals surface area contributed by atoms with Gasteiger partial charge in [0.2, 0.25) is 5.91 Å². The van der Waals surface area contributed by atoms with Crippen molar-refractivity contribution in [2.24, 2.45) is 11.0 Å². The molecule has 0 bridgehead atoms. The van der Waals surface area contributed by atoms with Crippen LogP contribution in [0.25, 0.3) is 0 Å². The molecule has 0 aromatic heterocycles. The summed E-state index contributed by atoms with van der Waals surface area (Å²) in [6.07, 6.45) is 0. The van der Waals surface area contributed by atoms with Gasteiger partial charge in [-0.25, -0.2) is 9.69 Å². The van der Waals surface area contributed by atoms with Gasteiger partial charge in [-0.2, -0.15) is 5.10 Å². The summed E-state index contributed by atoms with van der Waals surface area (Å²) in [5.41, 5.74) is 3.05. The number of halogens is 1. The van der Waals surface area contributed by atoms with E-state index < -0.39 is 29.2 Å². The van der Waals surface area contributed by atoms with Crippen molar-refractivity contribution in [1.82, 2.24) is 5.43 Å². The zero-order chi connectivity index (χ0) is 20.1. The molecule has 2 aromatic rings. The van der Waals surface area contributed by atoms with Gasteiger partial charge >= 0.3 is 5.97 Å². The van der Waals surface area contributed by atoms with Crippen LogP contribution in [0.3, 0.4) is 0 Å². The van der Waals surface area contributed by atoms with Crippen LogP contribution in [0.15, 0.2) is 53.6 Å². The predicted molar refractivity (Wildman–Crippen MR) is 103 cm³/mol. The van der Waals surface area contributed by atoms with Gasteiger partial charge in [0.05, 0.1) is 12.8 Å². The molecule has 0 saturated carbocycles. The first-order valence-electron chi connectivity index (χ1n) is 8.54. The van der Waals surface area contributed by atoms with Crippen molar-refractivity contribution in [1.29, 1.82) is 0 Å². The van der Waals surface area contributed by atoms with Crippen LogP contribution in [-0.4, -0.2) is 30.6 Å². The number of hydrazone groups is 1. The minimum Gasteiger partial charge on any atom is -0.464 e. The minimum atomic E-state index is -1.51. The maximum absolute atomic E-state index is 13.5. The Labute approximate surface area is 165 Å². The number of hydrogen-bond acceptors (Lipinski definition) is 6. The molecule has 2 atom stereocenters. The van der Waals surface area contributed by atoms with E-state index in [9.17, 15) is 14.4 Å². The van der Waals surface area contributed by atoms with Crippen LogP contribution in [-0.2, 0) is 24.7 Å². The number of rotatable bonds is 3. The van der Waals surface area contributed by atoms with Crippen LogP contribution in [0.4, 0.5) is 5.69 Å². The number of esters is 1. The molecule has 2 aliphatic heterocycles. The molecule has 0 spiro atoms. The fourth-order valence-corrected chi connectivity index (χ4v) is 3.76. The fourth-order valence-electron chi connectivity index (χ4n) is 3.64. The number of imide groups is 1. The van der Waals surface area contributed by atoms with Crippen molar-refractivity contribution >= 4 is 40.8 Å². The van der Waals surface area contributed by atoms with E-state index in [1.54, 1.807) is 36.4 Å². The monoisotopic (exact) mass is 397 g/mol. The van der Waals surface area contributed by atoms with Gasteiger partial charge in [0.1, 0.15) is 5.92 Å². The average molecular weight is 398 g/mol. The lowest BCUT2D eigenvalue weighted by Crippen LogP contribution is -2.48. The highest BCUT2D eigenvalue weighted by molar-refractivity contribution is 6.47. The van der Waals surface area contributed by atoms with Crippen LogP contribution >= 0.6 is 11.6 Å². The van der Waals surface area contributed by atoms with Gasteiger partial charge in [0.25, 0.3) is 5.91 Å². The van der Waals surface area contributed by atoms with Crippen LogP contribution in [0.2, 0.25) is 5.02 Å². The van der Waals surface area contributed by atoms with E-state index in [0.717, 1.165) is 10.5 Å². The Bertz CT molecular complexity index is 1020. The number of amides is 2. The van der Waals surface area contributed by atoms with Gasteiger partial charge in [0.15, 0.2) is 11.3 Å². The van der Waals surface area contributed by atoms with Gasteiger partial charge in [-0.3, -0.25) is 15.0 Å². The molecular weight excluding hydrogens is 382 g/mol. The smallest absolute Gasteiger partial charge is 0.355 e. The fraction of sp³-hybridized carbons (Fsp3) is 0.200. The van der Waals surface area contributed by atoms with E-state index in [1.807, 2.05) is 19.1 Å². The maximum Gasteiger partial charge on any atom is 0.355 e. The minimum absolute atomic E-state index is 0.127. The normalized spacial score (nSPS) is 23.3. The molecule has 0 unspecified atom stereocenters. The molecule has 7 nitrogen and oxygen atoms in total. The molecule has 2 heterocycles. The van der Waals surface area contributed by atoms with Gasteiger partial charge in [0, 0.05) is 5.02 Å². The number of hydrogen-bond donors (Lipinski definition) is 1. The number of aryl methyl sites for hydroxylation is 1. The van der Waals surface area contributed by atoms with E-state index in [4.69, 9.17) is 16.3 Å². The summed E-state index contributed by atoms with van der Waals surface area (Å²) in [5, 5.41) is 4.49. The van der Waals surface area contributed by atoms with Crippen LogP contribution < -0.4 is 10.3 Å². The summed E-state index contributed by atoms with van der Waals surface area (Å²) in [5.74, 6) is -2.96. The Morgan fingerprint density at radius 3 is 2.39 bits per heavy atom. The molecule has 4 rings (SSSR count). The molecular formula is C20H16ClN3O4. The van der Waals surface area contributed by atoms with Crippen LogP contribution in [0.1, 0.15) is 11.1 Å². The lowest BCUT2D eigenvalue weighted by molar-refractivity contribution is -0.133. The molecule has 28 heavy (non-hydrogen) atoms. The molecule has 1 N–H and O–H groups in total. The summed E-state index contributed by atoms with van der Waals surface area (Å²) in [7, 11) is 1.20. The SMILES string of the molecule is COC(=O)C1=NN[C@@]2(c3ccc(C)cc3)C(=O)N(c3ccc(Cl)cc3)C(=O)[C@@H]12. The summed E-state index contributed by atoms with van der Waals surface area (Å²) >= 11 is 5.93. The van der Waals surface area contributed by atoms with E-state index in [-0.39, 0.29) is 5.71 Å². The summed E-state index contributed by atoms with van der Waals surface area (Å²) < 4.78 is 4.77. The molecule has 8 heteroatoms. The maximum atomic E-state index is 13.5. The third-order valence-electron chi connectivity index (χ3n) is 5.05. The molecule has 1 saturated heterocycles. The van der Waals surface area contributed by atoms with Crippen molar-refractivity contribution in [2.45, 2.75) is 12.5 Å². The van der Waals surface area contributed by atoms with Gasteiger partial charge in [-0.1, -0.05) is 41.4 Å². The molecule has 2 aliphatic rings. The van der Waals surface area contributed by atoms with Gasteiger partial charge in [-0.05, 0) is 36.8 Å². The van der Waals surface area contributed by atoms with Crippen molar-refractivity contribution in [3.63, 3.8) is 0 Å². The van der Waals surface area contributed by atoms with Gasteiger partial charge in [-0.15, -0.1) is 0 Å². The van der Waals surface area contributed by atoms with Gasteiger partial charge < -0.3 is 4.74 Å². The van der Waals surface area contributed by atoms with Crippen molar-refractivity contribution in [2.75, 3.05) is 12.0 Å². The topological polar surface area (TPSA) is 88.1 Å². The zero-order valence-corrected chi connectivity index (χ0v) is 15.9. The van der Waals surface area contributed by atoms with E-state index in [0.29, 0.717) is 16.3 Å². The summed E-state index contributed by atoms with van der Waals surface area (Å²) in [6, 6.07) is 13.5. The Morgan fingerprint density at radius 2 is 1.79 bits per heavy atom. The number of nitrogens with zero attached hydrogens (tertiary/aromatic N) is 2. The van der Waals surface area contributed by atoms with E-state index in [1.165, 1.54) is 7.11 Å². The highest BCUT2D eigenvalue weighted by atomic mass is 35.5. The third kappa shape index (κ3) is 2.43. The number of nitrogens with one attached hydrogen (secondary N) is 1. The van der Waals surface area contributed by atoms with Crippen LogP contribution in [0.5, 0.6) is 0 Å². The Balaban J connectivity index is 1.88. The number of carbonyl (C=O) groups is 3. The molecule has 0 aliphatic carbocycles. The van der Waals surface area contributed by atoms with Crippen molar-refractivity contribution < 1.29 is 19.1 Å². The summed E-state index contributed by atoms with van der Waals surface area (Å²) in [4.78, 5) is 40.1.